The van der Waals surface area contributed by atoms with Gasteiger partial charge in [0.05, 0.1) is 5.56 Å². The van der Waals surface area contributed by atoms with Crippen molar-refractivity contribution in [1.82, 2.24) is 10.3 Å². The van der Waals surface area contributed by atoms with Crippen molar-refractivity contribution in [3.8, 4) is 0 Å². The Hall–Kier alpha value is -0.650. The Bertz CT molecular complexity index is 442. The summed E-state index contributed by atoms with van der Waals surface area (Å²) in [5.41, 5.74) is -0.124. The van der Waals surface area contributed by atoms with Crippen molar-refractivity contribution in [2.75, 3.05) is 6.61 Å². The van der Waals surface area contributed by atoms with E-state index in [0.717, 1.165) is 6.42 Å². The normalized spacial score (nSPS) is 14.1. The van der Waals surface area contributed by atoms with E-state index in [9.17, 15) is 4.79 Å². The van der Waals surface area contributed by atoms with Crippen LogP contribution in [0.4, 0.5) is 0 Å². The molecule has 0 saturated heterocycles. The molecule has 1 atom stereocenters. The monoisotopic (exact) mass is 334 g/mol. The SMILES string of the molecule is CCC(C)(CCO)NC(=O)c1cc(Br)cnc1Cl. The van der Waals surface area contributed by atoms with Gasteiger partial charge in [0.2, 0.25) is 0 Å². The molecule has 0 aliphatic rings. The van der Waals surface area contributed by atoms with Gasteiger partial charge in [-0.15, -0.1) is 0 Å². The molecule has 0 fully saturated rings. The summed E-state index contributed by atoms with van der Waals surface area (Å²) in [5, 5.41) is 12.1. The lowest BCUT2D eigenvalue weighted by molar-refractivity contribution is 0.0886. The van der Waals surface area contributed by atoms with E-state index in [4.69, 9.17) is 16.7 Å². The topological polar surface area (TPSA) is 62.2 Å². The number of nitrogens with zero attached hydrogens (tertiary/aromatic N) is 1. The molecule has 0 aromatic carbocycles. The van der Waals surface area contributed by atoms with Gasteiger partial charge in [0, 0.05) is 22.8 Å². The van der Waals surface area contributed by atoms with Gasteiger partial charge in [-0.05, 0) is 41.8 Å². The third-order valence-electron chi connectivity index (χ3n) is 2.91. The van der Waals surface area contributed by atoms with Gasteiger partial charge >= 0.3 is 0 Å². The van der Waals surface area contributed by atoms with E-state index < -0.39 is 5.54 Å². The minimum Gasteiger partial charge on any atom is -0.396 e. The van der Waals surface area contributed by atoms with Crippen molar-refractivity contribution in [2.24, 2.45) is 0 Å². The van der Waals surface area contributed by atoms with Gasteiger partial charge in [-0.1, -0.05) is 18.5 Å². The zero-order valence-electron chi connectivity index (χ0n) is 10.3. The van der Waals surface area contributed by atoms with Gasteiger partial charge in [0.25, 0.3) is 5.91 Å². The van der Waals surface area contributed by atoms with Crippen molar-refractivity contribution in [1.29, 1.82) is 0 Å². The van der Waals surface area contributed by atoms with Crippen molar-refractivity contribution >= 4 is 33.4 Å². The number of rotatable bonds is 5. The Morgan fingerprint density at radius 1 is 1.67 bits per heavy atom. The van der Waals surface area contributed by atoms with Crippen LogP contribution in [0.5, 0.6) is 0 Å². The van der Waals surface area contributed by atoms with E-state index in [0.29, 0.717) is 16.5 Å². The lowest BCUT2D eigenvalue weighted by Gasteiger charge is -2.29. The highest BCUT2D eigenvalue weighted by atomic mass is 79.9. The molecule has 1 aromatic heterocycles. The fourth-order valence-corrected chi connectivity index (χ4v) is 2.02. The molecular weight excluding hydrogens is 320 g/mol. The summed E-state index contributed by atoms with van der Waals surface area (Å²) < 4.78 is 0.692. The Balaban J connectivity index is 2.90. The van der Waals surface area contributed by atoms with Crippen LogP contribution in [0.1, 0.15) is 37.0 Å². The number of pyridine rings is 1. The molecule has 2 N–H and O–H groups in total. The van der Waals surface area contributed by atoms with Gasteiger partial charge in [-0.25, -0.2) is 4.98 Å². The first-order valence-corrected chi connectivity index (χ1v) is 6.83. The molecule has 1 amide bonds. The maximum absolute atomic E-state index is 12.1. The molecule has 18 heavy (non-hydrogen) atoms. The molecule has 4 nitrogen and oxygen atoms in total. The second kappa shape index (κ2) is 6.50. The van der Waals surface area contributed by atoms with Gasteiger partial charge in [-0.3, -0.25) is 4.79 Å². The van der Waals surface area contributed by atoms with Gasteiger partial charge in [0.1, 0.15) is 5.15 Å². The number of carbonyl (C=O) groups is 1. The van der Waals surface area contributed by atoms with Crippen LogP contribution >= 0.6 is 27.5 Å². The highest BCUT2D eigenvalue weighted by Crippen LogP contribution is 2.20. The molecular formula is C12H16BrClN2O2. The fraction of sp³-hybridized carbons (Fsp3) is 0.500. The Labute approximate surface area is 120 Å². The molecule has 0 radical (unpaired) electrons. The van der Waals surface area contributed by atoms with Gasteiger partial charge < -0.3 is 10.4 Å². The first-order valence-electron chi connectivity index (χ1n) is 5.66. The highest BCUT2D eigenvalue weighted by Gasteiger charge is 2.25. The van der Waals surface area contributed by atoms with E-state index in [1.54, 1.807) is 6.07 Å². The number of carbonyl (C=O) groups excluding carboxylic acids is 1. The van der Waals surface area contributed by atoms with Crippen LogP contribution in [-0.2, 0) is 0 Å². The summed E-state index contributed by atoms with van der Waals surface area (Å²) in [5.74, 6) is -0.286. The molecule has 1 unspecified atom stereocenters. The molecule has 1 aromatic rings. The van der Waals surface area contributed by atoms with E-state index in [1.807, 2.05) is 13.8 Å². The second-order valence-electron chi connectivity index (χ2n) is 4.33. The molecule has 0 saturated carbocycles. The lowest BCUT2D eigenvalue weighted by Crippen LogP contribution is -2.46. The molecule has 0 bridgehead atoms. The molecule has 0 aliphatic heterocycles. The Kier molecular flexibility index (Phi) is 5.56. The first-order chi connectivity index (χ1) is 8.41. The molecule has 1 heterocycles. The molecule has 1 rings (SSSR count). The summed E-state index contributed by atoms with van der Waals surface area (Å²) in [6.07, 6.45) is 2.75. The van der Waals surface area contributed by atoms with Crippen LogP contribution in [0.15, 0.2) is 16.7 Å². The number of amides is 1. The molecule has 6 heteroatoms. The van der Waals surface area contributed by atoms with Crippen LogP contribution < -0.4 is 5.32 Å². The first kappa shape index (κ1) is 15.4. The number of aliphatic hydroxyl groups is 1. The summed E-state index contributed by atoms with van der Waals surface area (Å²) in [7, 11) is 0. The zero-order valence-corrected chi connectivity index (χ0v) is 12.7. The lowest BCUT2D eigenvalue weighted by atomic mass is 9.94. The summed E-state index contributed by atoms with van der Waals surface area (Å²) in [4.78, 5) is 16.0. The van der Waals surface area contributed by atoms with E-state index >= 15 is 0 Å². The third kappa shape index (κ3) is 3.93. The third-order valence-corrected chi connectivity index (χ3v) is 3.64. The van der Waals surface area contributed by atoms with Crippen molar-refractivity contribution < 1.29 is 9.90 Å². The number of nitrogens with one attached hydrogen (secondary N) is 1. The standard InChI is InChI=1S/C12H16BrClN2O2/c1-3-12(2,4-5-17)16-11(18)9-6-8(13)7-15-10(9)14/h6-7,17H,3-5H2,1-2H3,(H,16,18). The maximum Gasteiger partial charge on any atom is 0.254 e. The van der Waals surface area contributed by atoms with E-state index in [2.05, 4.69) is 26.2 Å². The average Bonchev–Trinajstić information content (AvgIpc) is 2.32. The number of hydrogen-bond acceptors (Lipinski definition) is 3. The minimum atomic E-state index is -0.447. The number of aromatic nitrogens is 1. The summed E-state index contributed by atoms with van der Waals surface area (Å²) in [6, 6.07) is 1.62. The number of hydrogen-bond donors (Lipinski definition) is 2. The van der Waals surface area contributed by atoms with Crippen LogP contribution in [-0.4, -0.2) is 28.1 Å². The zero-order chi connectivity index (χ0) is 13.8. The van der Waals surface area contributed by atoms with E-state index in [1.165, 1.54) is 6.20 Å². The fourth-order valence-electron chi connectivity index (χ4n) is 1.50. The minimum absolute atomic E-state index is 0.0229. The number of halogens is 2. The quantitative estimate of drug-likeness (QED) is 0.813. The predicted octanol–water partition coefficient (Wildman–Crippen LogP) is 2.78. The Morgan fingerprint density at radius 3 is 2.89 bits per heavy atom. The van der Waals surface area contributed by atoms with Crippen molar-refractivity contribution in [3.05, 3.63) is 27.5 Å². The maximum atomic E-state index is 12.1. The van der Waals surface area contributed by atoms with Gasteiger partial charge in [0.15, 0.2) is 0 Å². The average molecular weight is 336 g/mol. The molecule has 0 spiro atoms. The van der Waals surface area contributed by atoms with Gasteiger partial charge in [-0.2, -0.15) is 0 Å². The highest BCUT2D eigenvalue weighted by molar-refractivity contribution is 9.10. The van der Waals surface area contributed by atoms with Crippen molar-refractivity contribution in [2.45, 2.75) is 32.2 Å². The van der Waals surface area contributed by atoms with Crippen LogP contribution in [0.2, 0.25) is 5.15 Å². The predicted molar refractivity (Wildman–Crippen MR) is 74.8 cm³/mol. The number of aliphatic hydroxyl groups excluding tert-OH is 1. The summed E-state index contributed by atoms with van der Waals surface area (Å²) >= 11 is 9.15. The van der Waals surface area contributed by atoms with Crippen molar-refractivity contribution in [3.63, 3.8) is 0 Å². The van der Waals surface area contributed by atoms with E-state index in [-0.39, 0.29) is 17.7 Å². The van der Waals surface area contributed by atoms with Crippen LogP contribution in [0.3, 0.4) is 0 Å². The summed E-state index contributed by atoms with van der Waals surface area (Å²) in [6.45, 7) is 3.87. The Morgan fingerprint density at radius 2 is 2.33 bits per heavy atom. The smallest absolute Gasteiger partial charge is 0.254 e. The largest absolute Gasteiger partial charge is 0.396 e. The second-order valence-corrected chi connectivity index (χ2v) is 5.61. The van der Waals surface area contributed by atoms with Crippen LogP contribution in [0, 0.1) is 0 Å². The molecule has 0 aliphatic carbocycles. The molecule has 100 valence electrons. The van der Waals surface area contributed by atoms with Crippen LogP contribution in [0.25, 0.3) is 0 Å².